The Kier molecular flexibility index (Phi) is 4.24. The molecular weight excluding hydrogens is 506 g/mol. The van der Waals surface area contributed by atoms with Crippen LogP contribution in [0.25, 0.3) is 38.9 Å². The molecule has 0 amide bonds. The molecule has 0 N–H and O–H groups in total. The molecule has 6 nitrogen and oxygen atoms in total. The Morgan fingerprint density at radius 3 is 2.22 bits per heavy atom. The van der Waals surface area contributed by atoms with Crippen LogP contribution < -0.4 is 4.74 Å². The molecular formula is C35H19N5O. The lowest BCUT2D eigenvalue weighted by molar-refractivity contribution is 0.436. The fourth-order valence-electron chi connectivity index (χ4n) is 6.90. The van der Waals surface area contributed by atoms with Gasteiger partial charge in [0.05, 0.1) is 45.7 Å². The van der Waals surface area contributed by atoms with Gasteiger partial charge in [-0.15, -0.1) is 0 Å². The molecule has 0 fully saturated rings. The van der Waals surface area contributed by atoms with Crippen LogP contribution in [-0.4, -0.2) is 19.5 Å². The van der Waals surface area contributed by atoms with E-state index in [2.05, 4.69) is 58.1 Å². The summed E-state index contributed by atoms with van der Waals surface area (Å²) in [5.41, 5.74) is 8.98. The lowest BCUT2D eigenvalue weighted by Crippen LogP contribution is -2.32. The van der Waals surface area contributed by atoms with Crippen molar-refractivity contribution in [2.45, 2.75) is 5.41 Å². The largest absolute Gasteiger partial charge is 0.457 e. The Morgan fingerprint density at radius 1 is 0.659 bits per heavy atom. The summed E-state index contributed by atoms with van der Waals surface area (Å²) in [6.07, 6.45) is 7.35. The zero-order valence-corrected chi connectivity index (χ0v) is 21.6. The maximum Gasteiger partial charge on any atom is 0.132 e. The number of aromatic nitrogens is 4. The van der Waals surface area contributed by atoms with Crippen molar-refractivity contribution in [2.75, 3.05) is 0 Å². The van der Waals surface area contributed by atoms with Gasteiger partial charge in [0.15, 0.2) is 0 Å². The monoisotopic (exact) mass is 525 g/mol. The van der Waals surface area contributed by atoms with Crippen LogP contribution in [0.15, 0.2) is 116 Å². The van der Waals surface area contributed by atoms with Crippen molar-refractivity contribution in [3.63, 3.8) is 0 Å². The molecule has 6 heteroatoms. The molecule has 1 aliphatic carbocycles. The maximum absolute atomic E-state index is 9.59. The molecule has 5 heterocycles. The second kappa shape index (κ2) is 7.87. The van der Waals surface area contributed by atoms with E-state index >= 15 is 0 Å². The van der Waals surface area contributed by atoms with E-state index in [1.807, 2.05) is 67.1 Å². The predicted molar refractivity (Wildman–Crippen MR) is 156 cm³/mol. The summed E-state index contributed by atoms with van der Waals surface area (Å²) < 4.78 is 8.79. The summed E-state index contributed by atoms with van der Waals surface area (Å²) in [5.74, 6) is 1.62. The molecule has 0 bridgehead atoms. The van der Waals surface area contributed by atoms with E-state index in [1.54, 1.807) is 6.20 Å². The average molecular weight is 526 g/mol. The Morgan fingerprint density at radius 2 is 1.41 bits per heavy atom. The van der Waals surface area contributed by atoms with E-state index in [0.29, 0.717) is 5.56 Å². The molecule has 0 saturated heterocycles. The molecule has 0 atom stereocenters. The van der Waals surface area contributed by atoms with E-state index in [4.69, 9.17) is 14.7 Å². The van der Waals surface area contributed by atoms with E-state index < -0.39 is 5.41 Å². The third-order valence-electron chi connectivity index (χ3n) is 8.48. The number of nitrogens with zero attached hydrogens (tertiary/aromatic N) is 5. The van der Waals surface area contributed by atoms with Gasteiger partial charge in [0.2, 0.25) is 0 Å². The lowest BCUT2D eigenvalue weighted by Gasteiger charge is -2.39. The second-order valence-corrected chi connectivity index (χ2v) is 10.4. The van der Waals surface area contributed by atoms with Crippen molar-refractivity contribution in [1.82, 2.24) is 19.5 Å². The van der Waals surface area contributed by atoms with Crippen LogP contribution in [0.1, 0.15) is 27.8 Å². The predicted octanol–water partition coefficient (Wildman–Crippen LogP) is 7.31. The number of nitriles is 1. The molecule has 0 unspecified atom stereocenters. The van der Waals surface area contributed by atoms with Gasteiger partial charge >= 0.3 is 0 Å². The van der Waals surface area contributed by atoms with E-state index in [1.165, 1.54) is 0 Å². The van der Waals surface area contributed by atoms with Gasteiger partial charge in [-0.1, -0.05) is 30.3 Å². The van der Waals surface area contributed by atoms with Crippen LogP contribution in [0, 0.1) is 11.3 Å². The number of hydrogen-bond acceptors (Lipinski definition) is 5. The standard InChI is InChI=1S/C35H19N5O/c36-19-21-9-11-29-24(17-21)23-13-16-37-20-30(23)40(29)22-10-12-32-28(18-22)35(25-5-1-2-8-31(25)41-32)26-6-3-14-38-33(26)34-27(35)7-4-15-39-34/h1-18,20H. The highest BCUT2D eigenvalue weighted by Gasteiger charge is 2.52. The molecule has 1 spiro atoms. The molecule has 7 aromatic rings. The van der Waals surface area contributed by atoms with Crippen molar-refractivity contribution in [3.8, 4) is 34.6 Å². The SMILES string of the molecule is N#Cc1ccc2c(c1)c1ccncc1n2-c1ccc2c(c1)C1(c3ccccc3O2)c2cccnc2-c2ncccc21. The van der Waals surface area contributed by atoms with Gasteiger partial charge in [0.25, 0.3) is 0 Å². The van der Waals surface area contributed by atoms with Crippen LogP contribution in [0.3, 0.4) is 0 Å². The Labute approximate surface area is 234 Å². The third-order valence-corrected chi connectivity index (χ3v) is 8.48. The summed E-state index contributed by atoms with van der Waals surface area (Å²) in [6, 6.07) is 33.1. The molecule has 0 radical (unpaired) electrons. The zero-order valence-electron chi connectivity index (χ0n) is 21.6. The Bertz CT molecular complexity index is 2230. The minimum atomic E-state index is -0.654. The molecule has 0 saturated carbocycles. The normalized spacial score (nSPS) is 13.7. The molecule has 4 aromatic heterocycles. The van der Waals surface area contributed by atoms with Gasteiger partial charge in [0, 0.05) is 46.2 Å². The fraction of sp³-hybridized carbons (Fsp3) is 0.0286. The van der Waals surface area contributed by atoms with Crippen LogP contribution in [0.2, 0.25) is 0 Å². The summed E-state index contributed by atoms with van der Waals surface area (Å²) in [6.45, 7) is 0. The quantitative estimate of drug-likeness (QED) is 0.225. The number of benzene rings is 3. The maximum atomic E-state index is 9.59. The minimum absolute atomic E-state index is 0.627. The molecule has 41 heavy (non-hydrogen) atoms. The van der Waals surface area contributed by atoms with Crippen LogP contribution in [0.4, 0.5) is 0 Å². The van der Waals surface area contributed by atoms with Crippen molar-refractivity contribution in [2.24, 2.45) is 0 Å². The first-order valence-electron chi connectivity index (χ1n) is 13.4. The van der Waals surface area contributed by atoms with Crippen molar-refractivity contribution in [1.29, 1.82) is 5.26 Å². The first kappa shape index (κ1) is 22.1. The Hall–Kier alpha value is -5.80. The van der Waals surface area contributed by atoms with Crippen molar-refractivity contribution < 1.29 is 4.74 Å². The van der Waals surface area contributed by atoms with Crippen LogP contribution in [0.5, 0.6) is 11.5 Å². The molecule has 190 valence electrons. The fourth-order valence-corrected chi connectivity index (χ4v) is 6.90. The first-order chi connectivity index (χ1) is 20.3. The summed E-state index contributed by atoms with van der Waals surface area (Å²) >= 11 is 0. The van der Waals surface area contributed by atoms with Gasteiger partial charge in [0.1, 0.15) is 11.5 Å². The number of ether oxygens (including phenoxy) is 1. The van der Waals surface area contributed by atoms with Crippen LogP contribution in [-0.2, 0) is 5.41 Å². The van der Waals surface area contributed by atoms with E-state index in [9.17, 15) is 5.26 Å². The third kappa shape index (κ3) is 2.72. The smallest absolute Gasteiger partial charge is 0.132 e. The summed E-state index contributed by atoms with van der Waals surface area (Å²) in [5, 5.41) is 11.7. The number of para-hydroxylation sites is 1. The zero-order chi connectivity index (χ0) is 27.1. The van der Waals surface area contributed by atoms with Crippen molar-refractivity contribution >= 4 is 21.8 Å². The van der Waals surface area contributed by atoms with E-state index in [-0.39, 0.29) is 0 Å². The second-order valence-electron chi connectivity index (χ2n) is 10.4. The topological polar surface area (TPSA) is 76.6 Å². The molecule has 2 aliphatic rings. The summed E-state index contributed by atoms with van der Waals surface area (Å²) in [4.78, 5) is 14.1. The number of pyridine rings is 3. The van der Waals surface area contributed by atoms with Gasteiger partial charge < -0.3 is 9.30 Å². The lowest BCUT2D eigenvalue weighted by atomic mass is 9.66. The van der Waals surface area contributed by atoms with Gasteiger partial charge in [-0.05, 0) is 71.8 Å². The highest BCUT2D eigenvalue weighted by molar-refractivity contribution is 6.09. The molecule has 9 rings (SSSR count). The minimum Gasteiger partial charge on any atom is -0.457 e. The van der Waals surface area contributed by atoms with Crippen molar-refractivity contribution in [3.05, 3.63) is 144 Å². The first-order valence-corrected chi connectivity index (χ1v) is 13.4. The summed E-state index contributed by atoms with van der Waals surface area (Å²) in [7, 11) is 0. The molecule has 1 aliphatic heterocycles. The van der Waals surface area contributed by atoms with Gasteiger partial charge in [-0.25, -0.2) is 0 Å². The van der Waals surface area contributed by atoms with E-state index in [0.717, 1.165) is 72.6 Å². The number of fused-ring (bicyclic) bond motifs is 12. The number of rotatable bonds is 1. The number of hydrogen-bond donors (Lipinski definition) is 0. The molecule has 3 aromatic carbocycles. The van der Waals surface area contributed by atoms with Gasteiger partial charge in [-0.2, -0.15) is 5.26 Å². The average Bonchev–Trinajstić information content (AvgIpc) is 3.52. The highest BCUT2D eigenvalue weighted by atomic mass is 16.5. The van der Waals surface area contributed by atoms with Crippen LogP contribution >= 0.6 is 0 Å². The Balaban J connectivity index is 1.41. The highest BCUT2D eigenvalue weighted by Crippen LogP contribution is 2.61. The van der Waals surface area contributed by atoms with Gasteiger partial charge in [-0.3, -0.25) is 15.0 Å².